The molecule has 0 bridgehead atoms. The molecule has 0 aromatic carbocycles. The quantitative estimate of drug-likeness (QED) is 0.815. The molecule has 2 rings (SSSR count). The Kier molecular flexibility index (Phi) is 5.15. The molecule has 2 N–H and O–H groups in total. The number of hydrogen-bond acceptors (Lipinski definition) is 4. The predicted octanol–water partition coefficient (Wildman–Crippen LogP) is 1.19. The summed E-state index contributed by atoms with van der Waals surface area (Å²) in [6.07, 6.45) is 4.07. The Morgan fingerprint density at radius 1 is 1.35 bits per heavy atom. The van der Waals surface area contributed by atoms with Gasteiger partial charge >= 0.3 is 12.0 Å². The molecule has 6 nitrogen and oxygen atoms in total. The van der Waals surface area contributed by atoms with Crippen LogP contribution < -0.4 is 0 Å². The van der Waals surface area contributed by atoms with Gasteiger partial charge in [0, 0.05) is 18.3 Å². The van der Waals surface area contributed by atoms with Gasteiger partial charge in [0.25, 0.3) is 0 Å². The van der Waals surface area contributed by atoms with Crippen molar-refractivity contribution in [3.63, 3.8) is 0 Å². The van der Waals surface area contributed by atoms with E-state index < -0.39 is 12.0 Å². The number of thioether (sulfide) groups is 1. The molecular formula is C13H22N2O4S. The van der Waals surface area contributed by atoms with Crippen molar-refractivity contribution >= 4 is 23.8 Å². The molecule has 0 aromatic heterocycles. The summed E-state index contributed by atoms with van der Waals surface area (Å²) in [6, 6.07) is -0.858. The van der Waals surface area contributed by atoms with Crippen molar-refractivity contribution in [3.05, 3.63) is 0 Å². The number of amides is 2. The maximum absolute atomic E-state index is 12.7. The van der Waals surface area contributed by atoms with Crippen LogP contribution in [0.2, 0.25) is 0 Å². The average Bonchev–Trinajstić information content (AvgIpc) is 3.04. The molecule has 0 radical (unpaired) electrons. The minimum Gasteiger partial charge on any atom is -0.480 e. The summed E-state index contributed by atoms with van der Waals surface area (Å²) in [5.74, 6) is -0.523. The van der Waals surface area contributed by atoms with E-state index in [1.54, 1.807) is 4.90 Å². The van der Waals surface area contributed by atoms with Crippen molar-refractivity contribution in [2.24, 2.45) is 0 Å². The van der Waals surface area contributed by atoms with Crippen LogP contribution in [-0.4, -0.2) is 68.4 Å². The van der Waals surface area contributed by atoms with E-state index in [4.69, 9.17) is 0 Å². The Hall–Kier alpha value is -0.950. The summed E-state index contributed by atoms with van der Waals surface area (Å²) in [7, 11) is 0. The molecular weight excluding hydrogens is 280 g/mol. The molecule has 0 spiro atoms. The minimum atomic E-state index is -0.953. The van der Waals surface area contributed by atoms with Gasteiger partial charge in [0.15, 0.2) is 0 Å². The highest BCUT2D eigenvalue weighted by molar-refractivity contribution is 8.00. The van der Waals surface area contributed by atoms with Gasteiger partial charge in [-0.05, 0) is 19.8 Å². The number of hydrogen-bond donors (Lipinski definition) is 2. The van der Waals surface area contributed by atoms with Crippen molar-refractivity contribution in [2.75, 3.05) is 18.9 Å². The van der Waals surface area contributed by atoms with Crippen LogP contribution in [0.25, 0.3) is 0 Å². The maximum Gasteiger partial charge on any atom is 0.327 e. The lowest BCUT2D eigenvalue weighted by Gasteiger charge is -2.35. The van der Waals surface area contributed by atoms with Crippen LogP contribution >= 0.6 is 11.8 Å². The van der Waals surface area contributed by atoms with E-state index in [1.807, 2.05) is 6.92 Å². The van der Waals surface area contributed by atoms with Gasteiger partial charge in [-0.1, -0.05) is 12.8 Å². The third-order valence-electron chi connectivity index (χ3n) is 4.08. The highest BCUT2D eigenvalue weighted by Crippen LogP contribution is 2.32. The highest BCUT2D eigenvalue weighted by atomic mass is 32.2. The Morgan fingerprint density at radius 2 is 2.00 bits per heavy atom. The Bertz CT molecular complexity index is 373. The molecule has 2 amide bonds. The summed E-state index contributed by atoms with van der Waals surface area (Å²) in [4.78, 5) is 27.1. The molecule has 2 atom stereocenters. The largest absolute Gasteiger partial charge is 0.480 e. The number of carboxylic acid groups (broad SMARTS) is 1. The van der Waals surface area contributed by atoms with E-state index in [1.165, 1.54) is 16.7 Å². The molecule has 2 aliphatic rings. The number of aliphatic carboxylic acids is 1. The molecule has 7 heteroatoms. The highest BCUT2D eigenvalue weighted by Gasteiger charge is 2.42. The van der Waals surface area contributed by atoms with Crippen molar-refractivity contribution < 1.29 is 19.8 Å². The van der Waals surface area contributed by atoms with Crippen LogP contribution in [-0.2, 0) is 4.79 Å². The molecule has 1 heterocycles. The first-order valence-electron chi connectivity index (χ1n) is 7.10. The van der Waals surface area contributed by atoms with Gasteiger partial charge in [0.1, 0.15) is 6.04 Å². The topological polar surface area (TPSA) is 81.1 Å². The molecule has 1 aliphatic heterocycles. The number of nitrogens with zero attached hydrogens (tertiary/aromatic N) is 2. The lowest BCUT2D eigenvalue weighted by molar-refractivity contribution is -0.141. The number of carbonyl (C=O) groups is 2. The fourth-order valence-electron chi connectivity index (χ4n) is 3.03. The van der Waals surface area contributed by atoms with Gasteiger partial charge in [-0.25, -0.2) is 9.59 Å². The van der Waals surface area contributed by atoms with Crippen molar-refractivity contribution in [1.82, 2.24) is 9.80 Å². The standard InChI is InChI=1S/C13H22N2O4S/c1-9-15(11(8-20-9)12(17)18)13(19)14(6-7-16)10-4-2-3-5-10/h9-11,16H,2-8H2,1H3,(H,17,18). The van der Waals surface area contributed by atoms with Crippen molar-refractivity contribution in [3.8, 4) is 0 Å². The van der Waals surface area contributed by atoms with Crippen LogP contribution in [0.5, 0.6) is 0 Å². The fraction of sp³-hybridized carbons (Fsp3) is 0.846. The number of carboxylic acids is 1. The monoisotopic (exact) mass is 302 g/mol. The summed E-state index contributed by atoms with van der Waals surface area (Å²) >= 11 is 1.48. The first kappa shape index (κ1) is 15.4. The maximum atomic E-state index is 12.7. The third-order valence-corrected chi connectivity index (χ3v) is 5.30. The zero-order chi connectivity index (χ0) is 14.7. The van der Waals surface area contributed by atoms with E-state index in [0.717, 1.165) is 25.7 Å². The second-order valence-corrected chi connectivity index (χ2v) is 6.68. The minimum absolute atomic E-state index is 0.0880. The van der Waals surface area contributed by atoms with E-state index in [9.17, 15) is 19.8 Å². The third kappa shape index (κ3) is 3.03. The summed E-state index contributed by atoms with van der Waals surface area (Å²) in [5.41, 5.74) is 0. The fourth-order valence-corrected chi connectivity index (χ4v) is 4.19. The molecule has 114 valence electrons. The number of aliphatic hydroxyl groups excluding tert-OH is 1. The van der Waals surface area contributed by atoms with Gasteiger partial charge in [-0.15, -0.1) is 11.8 Å². The lowest BCUT2D eigenvalue weighted by atomic mass is 10.2. The molecule has 2 fully saturated rings. The molecule has 1 saturated heterocycles. The van der Waals surface area contributed by atoms with Crippen molar-refractivity contribution in [1.29, 1.82) is 0 Å². The molecule has 0 aromatic rings. The molecule has 20 heavy (non-hydrogen) atoms. The number of aliphatic hydroxyl groups is 1. The smallest absolute Gasteiger partial charge is 0.327 e. The number of urea groups is 1. The van der Waals surface area contributed by atoms with Crippen LogP contribution in [0.1, 0.15) is 32.6 Å². The van der Waals surface area contributed by atoms with Crippen LogP contribution in [0.3, 0.4) is 0 Å². The first-order chi connectivity index (χ1) is 9.56. The van der Waals surface area contributed by atoms with Gasteiger partial charge < -0.3 is 15.1 Å². The van der Waals surface area contributed by atoms with E-state index in [0.29, 0.717) is 5.75 Å². The number of carbonyl (C=O) groups excluding carboxylic acids is 1. The van der Waals surface area contributed by atoms with E-state index in [-0.39, 0.29) is 30.6 Å². The zero-order valence-electron chi connectivity index (χ0n) is 11.7. The summed E-state index contributed by atoms with van der Waals surface area (Å²) in [5, 5.41) is 18.3. The average molecular weight is 302 g/mol. The van der Waals surface area contributed by atoms with Gasteiger partial charge in [-0.2, -0.15) is 0 Å². The lowest BCUT2D eigenvalue weighted by Crippen LogP contribution is -2.54. The first-order valence-corrected chi connectivity index (χ1v) is 8.15. The van der Waals surface area contributed by atoms with E-state index in [2.05, 4.69) is 0 Å². The Morgan fingerprint density at radius 3 is 2.55 bits per heavy atom. The Labute approximate surface area is 123 Å². The van der Waals surface area contributed by atoms with Gasteiger partial charge in [0.05, 0.1) is 12.0 Å². The molecule has 1 saturated carbocycles. The molecule has 2 unspecified atom stereocenters. The zero-order valence-corrected chi connectivity index (χ0v) is 12.5. The van der Waals surface area contributed by atoms with E-state index >= 15 is 0 Å². The predicted molar refractivity (Wildman–Crippen MR) is 76.6 cm³/mol. The summed E-state index contributed by atoms with van der Waals surface area (Å²) < 4.78 is 0. The van der Waals surface area contributed by atoms with Gasteiger partial charge in [0.2, 0.25) is 0 Å². The normalized spacial score (nSPS) is 27.0. The van der Waals surface area contributed by atoms with Gasteiger partial charge in [-0.3, -0.25) is 4.90 Å². The van der Waals surface area contributed by atoms with Crippen LogP contribution in [0, 0.1) is 0 Å². The second-order valence-electron chi connectivity index (χ2n) is 5.33. The summed E-state index contributed by atoms with van der Waals surface area (Å²) in [6.45, 7) is 2.05. The van der Waals surface area contributed by atoms with Crippen LogP contribution in [0.4, 0.5) is 4.79 Å². The van der Waals surface area contributed by atoms with Crippen molar-refractivity contribution in [2.45, 2.75) is 50.1 Å². The number of rotatable bonds is 4. The Balaban J connectivity index is 2.14. The SMILES string of the molecule is CC1SCC(C(=O)O)N1C(=O)N(CCO)C1CCCC1. The van der Waals surface area contributed by atoms with Crippen LogP contribution in [0.15, 0.2) is 0 Å². The second kappa shape index (κ2) is 6.67. The molecule has 1 aliphatic carbocycles.